The third-order valence-electron chi connectivity index (χ3n) is 11.4. The number of H-pyrrole nitrogens is 2. The van der Waals surface area contributed by atoms with E-state index in [-0.39, 0.29) is 34.8 Å². The molecule has 0 saturated carbocycles. The van der Waals surface area contributed by atoms with Gasteiger partial charge in [-0.1, -0.05) is 0 Å². The second-order valence-corrected chi connectivity index (χ2v) is 14.7. The summed E-state index contributed by atoms with van der Waals surface area (Å²) in [7, 11) is 0. The molecule has 305 valence electrons. The van der Waals surface area contributed by atoms with Gasteiger partial charge in [-0.25, -0.2) is 14.4 Å². The molecule has 1 radical (unpaired) electrons. The van der Waals surface area contributed by atoms with Crippen LogP contribution >= 0.6 is 0 Å². The molecule has 4 aromatic carbocycles. The molecule has 16 nitrogen and oxygen atoms in total. The minimum absolute atomic E-state index is 0. The number of anilines is 1. The number of nitrogens with one attached hydrogen (secondary N) is 3. The quantitative estimate of drug-likeness (QED) is 0.178. The third-order valence-corrected chi connectivity index (χ3v) is 11.4. The van der Waals surface area contributed by atoms with E-state index >= 15 is 0 Å². The van der Waals surface area contributed by atoms with Crippen LogP contribution in [0.3, 0.4) is 0 Å². The molecule has 18 heteroatoms. The molecule has 8 heterocycles. The number of hydrogen-bond donors (Lipinski definition) is 4. The van der Waals surface area contributed by atoms with Crippen molar-refractivity contribution in [2.24, 2.45) is 5.73 Å². The topological polar surface area (TPSA) is 189 Å². The summed E-state index contributed by atoms with van der Waals surface area (Å²) in [5.74, 6) is -0.527. The van der Waals surface area contributed by atoms with Gasteiger partial charge in [-0.15, -0.1) is 0 Å². The van der Waals surface area contributed by atoms with Crippen molar-refractivity contribution in [1.29, 1.82) is 0 Å². The number of aromatic nitrogens is 8. The Morgan fingerprint density at radius 2 is 1.18 bits per heavy atom. The van der Waals surface area contributed by atoms with Gasteiger partial charge in [-0.2, -0.15) is 10.2 Å². The largest absolute Gasteiger partial charge is 0.383 e. The zero-order chi connectivity index (χ0) is 40.0. The first-order valence-electron chi connectivity index (χ1n) is 19.7. The molecule has 0 aliphatic carbocycles. The number of benzene rings is 4. The van der Waals surface area contributed by atoms with E-state index in [1.165, 1.54) is 6.07 Å². The first kappa shape index (κ1) is 39.7. The number of imidazole rings is 2. The van der Waals surface area contributed by atoms with Crippen molar-refractivity contribution in [3.8, 4) is 0 Å². The molecule has 2 fully saturated rings. The summed E-state index contributed by atoms with van der Waals surface area (Å²) >= 11 is 0. The van der Waals surface area contributed by atoms with Crippen LogP contribution in [0.2, 0.25) is 0 Å². The van der Waals surface area contributed by atoms with Crippen LogP contribution in [-0.4, -0.2) is 128 Å². The molecule has 6 aromatic heterocycles. The zero-order valence-corrected chi connectivity index (χ0v) is 33.9. The Morgan fingerprint density at radius 3 is 1.75 bits per heavy atom. The Kier molecular flexibility index (Phi) is 11.0. The summed E-state index contributed by atoms with van der Waals surface area (Å²) in [5.41, 5.74) is 11.9. The summed E-state index contributed by atoms with van der Waals surface area (Å²) in [5, 5.41) is 20.8. The van der Waals surface area contributed by atoms with Gasteiger partial charge in [0.2, 0.25) is 5.43 Å². The van der Waals surface area contributed by atoms with Crippen molar-refractivity contribution >= 4 is 82.1 Å². The molecule has 10 aromatic rings. The third kappa shape index (κ3) is 6.87. The number of ether oxygens (including phenoxy) is 2. The number of halogens is 1. The molecule has 0 spiro atoms. The van der Waals surface area contributed by atoms with Crippen molar-refractivity contribution in [3.05, 3.63) is 99.8 Å². The Labute approximate surface area is 352 Å². The molecule has 0 bridgehead atoms. The fourth-order valence-electron chi connectivity index (χ4n) is 8.47. The van der Waals surface area contributed by atoms with E-state index in [0.717, 1.165) is 117 Å². The fourth-order valence-corrected chi connectivity index (χ4v) is 8.47. The van der Waals surface area contributed by atoms with Gasteiger partial charge in [-0.3, -0.25) is 38.4 Å². The van der Waals surface area contributed by atoms with E-state index in [1.54, 1.807) is 35.5 Å². The summed E-state index contributed by atoms with van der Waals surface area (Å²) in [6, 6.07) is 14.4. The minimum atomic E-state index is -0.527. The van der Waals surface area contributed by atoms with Crippen LogP contribution in [-0.2, 0) is 28.0 Å². The molecule has 2 aliphatic rings. The van der Waals surface area contributed by atoms with Gasteiger partial charge in [0.05, 0.1) is 104 Å². The normalized spacial score (nSPS) is 15.3. The van der Waals surface area contributed by atoms with E-state index in [4.69, 9.17) is 15.2 Å². The molecule has 60 heavy (non-hydrogen) atoms. The van der Waals surface area contributed by atoms with Crippen LogP contribution < -0.4 is 21.9 Å². The van der Waals surface area contributed by atoms with Gasteiger partial charge in [-0.05, 0) is 48.5 Å². The minimum Gasteiger partial charge on any atom is -0.383 e. The molecule has 2 aliphatic heterocycles. The summed E-state index contributed by atoms with van der Waals surface area (Å²) in [6.07, 6.45) is 6.72. The summed E-state index contributed by atoms with van der Waals surface area (Å²) in [4.78, 5) is 39.9. The van der Waals surface area contributed by atoms with Gasteiger partial charge in [0.15, 0.2) is 5.43 Å². The monoisotopic (exact) mass is 847 g/mol. The van der Waals surface area contributed by atoms with Crippen LogP contribution in [0.1, 0.15) is 0 Å². The van der Waals surface area contributed by atoms with Crippen molar-refractivity contribution in [3.63, 3.8) is 0 Å². The number of morpholine rings is 2. The maximum Gasteiger partial charge on any atom is 0.201 e. The van der Waals surface area contributed by atoms with Crippen LogP contribution in [0, 0.1) is 5.82 Å². The van der Waals surface area contributed by atoms with Crippen LogP contribution in [0.4, 0.5) is 10.1 Å². The average molecular weight is 848 g/mol. The Balaban J connectivity index is 0.000000130. The fraction of sp³-hybridized carbons (Fsp3) is 0.286. The summed E-state index contributed by atoms with van der Waals surface area (Å²) < 4.78 is 28.5. The second-order valence-electron chi connectivity index (χ2n) is 14.7. The number of pyridine rings is 2. The summed E-state index contributed by atoms with van der Waals surface area (Å²) in [6.45, 7) is 10.8. The number of aromatic amines is 2. The first-order valence-corrected chi connectivity index (χ1v) is 19.7. The van der Waals surface area contributed by atoms with Gasteiger partial charge >= 0.3 is 0 Å². The van der Waals surface area contributed by atoms with Crippen LogP contribution in [0.25, 0.3) is 76.5 Å². The number of fused-ring (bicyclic) bond motifs is 8. The average Bonchev–Trinajstić information content (AvgIpc) is 4.10. The Bertz CT molecular complexity index is 3230. The maximum atomic E-state index is 14.2. The smallest absolute Gasteiger partial charge is 0.201 e. The van der Waals surface area contributed by atoms with E-state index in [1.807, 2.05) is 40.8 Å². The Morgan fingerprint density at radius 1 is 0.667 bits per heavy atom. The van der Waals surface area contributed by atoms with E-state index in [2.05, 4.69) is 45.5 Å². The Hall–Kier alpha value is -5.79. The zero-order valence-electron chi connectivity index (χ0n) is 32.5. The predicted molar refractivity (Wildman–Crippen MR) is 227 cm³/mol. The van der Waals surface area contributed by atoms with Crippen LogP contribution in [0.5, 0.6) is 0 Å². The van der Waals surface area contributed by atoms with Crippen molar-refractivity contribution in [2.75, 3.05) is 84.1 Å². The van der Waals surface area contributed by atoms with E-state index in [0.29, 0.717) is 38.1 Å². The van der Waals surface area contributed by atoms with Crippen molar-refractivity contribution in [1.82, 2.24) is 49.0 Å². The maximum absolute atomic E-state index is 14.2. The number of nitrogens with two attached hydrogens (primary N) is 1. The van der Waals surface area contributed by atoms with Crippen molar-refractivity contribution < 1.29 is 32.4 Å². The molecule has 0 atom stereocenters. The van der Waals surface area contributed by atoms with Crippen LogP contribution in [0.15, 0.2) is 83.2 Å². The first-order chi connectivity index (χ1) is 29.0. The molecule has 2 saturated heterocycles. The second kappa shape index (κ2) is 16.7. The molecular formula is C42H41FN12O4V. The van der Waals surface area contributed by atoms with Gasteiger partial charge in [0, 0.05) is 87.4 Å². The van der Waals surface area contributed by atoms with E-state index in [9.17, 15) is 14.0 Å². The van der Waals surface area contributed by atoms with Gasteiger partial charge < -0.3 is 20.5 Å². The SMILES string of the molecule is NCCN1CCOCC1.O=c1c2c(F)ccc3ncn(c4ccc5[nH]ncc5c14)c32.O=c1c2c(NCCN3CCOCC3)ccc3ncn(c4ccc5[nH]ncc5c14)c32.[V]. The molecular weight excluding hydrogens is 806 g/mol. The van der Waals surface area contributed by atoms with E-state index < -0.39 is 5.82 Å². The molecule has 0 amide bonds. The number of rotatable bonds is 6. The number of hydrogen-bond acceptors (Lipinski definition) is 12. The molecule has 5 N–H and O–H groups in total. The van der Waals surface area contributed by atoms with Crippen molar-refractivity contribution in [2.45, 2.75) is 0 Å². The molecule has 0 unspecified atom stereocenters. The predicted octanol–water partition coefficient (Wildman–Crippen LogP) is 3.79. The number of nitrogens with zero attached hydrogens (tertiary/aromatic N) is 8. The van der Waals surface area contributed by atoms with Gasteiger partial charge in [0.1, 0.15) is 18.5 Å². The standard InChI is InChI=1S/C21H20N6O2.C15H7FN4O.C6H14N2O.V/c28-21-18-13-11-24-25-14(13)3-4-17(18)27-12-23-16-2-1-15(19(21)20(16)27)22-5-6-26-7-9-29-10-8-26;16-8-1-2-10-14-13(8)15(21)12-7-5-18-19-9(7)3-4-11(12)20(14)6-17-10;7-1-2-8-3-5-9-6-4-8;/h1-4,11-12,22H,5-10H2,(H,24,25);1-6H,(H,18,19);1-7H2;. The molecule has 12 rings (SSSR count). The van der Waals surface area contributed by atoms with Gasteiger partial charge in [0.25, 0.3) is 0 Å².